The third-order valence-electron chi connectivity index (χ3n) is 7.03. The van der Waals surface area contributed by atoms with Crippen molar-refractivity contribution in [1.29, 1.82) is 0 Å². The second-order valence-corrected chi connectivity index (χ2v) is 8.93. The SMILES string of the molecule is COc1ncc(-n2nc(-c3cnn(C(C)C4=C(C)N(C)C(=O)CC4)c3)c3c2CCOCC3)cc1F. The van der Waals surface area contributed by atoms with Crippen LogP contribution in [0.3, 0.4) is 0 Å². The molecule has 9 nitrogen and oxygen atoms in total. The molecule has 0 aliphatic carbocycles. The van der Waals surface area contributed by atoms with Crippen LogP contribution < -0.4 is 4.74 Å². The summed E-state index contributed by atoms with van der Waals surface area (Å²) in [6.07, 6.45) is 7.96. The highest BCUT2D eigenvalue weighted by Crippen LogP contribution is 2.34. The zero-order valence-corrected chi connectivity index (χ0v) is 20.4. The first-order valence-electron chi connectivity index (χ1n) is 11.8. The van der Waals surface area contributed by atoms with Crippen molar-refractivity contribution in [3.05, 3.63) is 53.0 Å². The maximum absolute atomic E-state index is 14.4. The molecule has 0 N–H and O–H groups in total. The minimum atomic E-state index is -0.540. The number of pyridine rings is 1. The summed E-state index contributed by atoms with van der Waals surface area (Å²) >= 11 is 0. The molecule has 0 bridgehead atoms. The van der Waals surface area contributed by atoms with Gasteiger partial charge in [-0.1, -0.05) is 0 Å². The number of hydrogen-bond acceptors (Lipinski definition) is 6. The lowest BCUT2D eigenvalue weighted by Crippen LogP contribution is -2.31. The van der Waals surface area contributed by atoms with E-state index in [2.05, 4.69) is 17.0 Å². The van der Waals surface area contributed by atoms with Crippen LogP contribution in [-0.2, 0) is 22.4 Å². The van der Waals surface area contributed by atoms with Crippen molar-refractivity contribution in [3.8, 4) is 22.8 Å². The van der Waals surface area contributed by atoms with E-state index in [9.17, 15) is 9.18 Å². The van der Waals surface area contributed by atoms with Crippen molar-refractivity contribution in [1.82, 2.24) is 29.4 Å². The largest absolute Gasteiger partial charge is 0.479 e. The van der Waals surface area contributed by atoms with Gasteiger partial charge in [0.15, 0.2) is 5.82 Å². The van der Waals surface area contributed by atoms with Crippen molar-refractivity contribution in [2.75, 3.05) is 27.4 Å². The van der Waals surface area contributed by atoms with Crippen molar-refractivity contribution in [3.63, 3.8) is 0 Å². The van der Waals surface area contributed by atoms with Crippen molar-refractivity contribution in [2.24, 2.45) is 0 Å². The number of rotatable bonds is 5. The van der Waals surface area contributed by atoms with E-state index >= 15 is 0 Å². The summed E-state index contributed by atoms with van der Waals surface area (Å²) in [6.45, 7) is 5.24. The fourth-order valence-corrected chi connectivity index (χ4v) is 4.91. The van der Waals surface area contributed by atoms with E-state index < -0.39 is 5.82 Å². The topological polar surface area (TPSA) is 87.3 Å². The molecule has 1 atom stereocenters. The number of methoxy groups -OCH3 is 1. The van der Waals surface area contributed by atoms with Gasteiger partial charge in [0.05, 0.1) is 55.8 Å². The van der Waals surface area contributed by atoms with Gasteiger partial charge in [0.1, 0.15) is 0 Å². The second-order valence-electron chi connectivity index (χ2n) is 8.93. The highest BCUT2D eigenvalue weighted by atomic mass is 19.1. The van der Waals surface area contributed by atoms with Crippen LogP contribution in [0.15, 0.2) is 35.9 Å². The van der Waals surface area contributed by atoms with Crippen molar-refractivity contribution < 1.29 is 18.7 Å². The predicted molar refractivity (Wildman–Crippen MR) is 127 cm³/mol. The maximum atomic E-state index is 14.4. The Bertz CT molecular complexity index is 1310. The average molecular weight is 481 g/mol. The van der Waals surface area contributed by atoms with Crippen LogP contribution in [0.4, 0.5) is 4.39 Å². The minimum Gasteiger partial charge on any atom is -0.479 e. The smallest absolute Gasteiger partial charge is 0.250 e. The van der Waals surface area contributed by atoms with Crippen LogP contribution in [0, 0.1) is 5.82 Å². The fraction of sp³-hybridized carbons (Fsp3) is 0.440. The van der Waals surface area contributed by atoms with Gasteiger partial charge in [-0.25, -0.2) is 14.1 Å². The first kappa shape index (κ1) is 23.2. The molecule has 35 heavy (non-hydrogen) atoms. The number of nitrogens with zero attached hydrogens (tertiary/aromatic N) is 6. The summed E-state index contributed by atoms with van der Waals surface area (Å²) in [5.74, 6) is -0.452. The van der Waals surface area contributed by atoms with E-state index in [-0.39, 0.29) is 17.8 Å². The molecule has 1 amide bonds. The fourth-order valence-electron chi connectivity index (χ4n) is 4.91. The Balaban J connectivity index is 1.54. The van der Waals surface area contributed by atoms with Crippen LogP contribution in [0.2, 0.25) is 0 Å². The zero-order valence-electron chi connectivity index (χ0n) is 20.4. The highest BCUT2D eigenvalue weighted by Gasteiger charge is 2.27. The molecular weight excluding hydrogens is 451 g/mol. The first-order chi connectivity index (χ1) is 16.9. The number of hydrogen-bond donors (Lipinski definition) is 0. The monoisotopic (exact) mass is 480 g/mol. The number of allylic oxidation sites excluding steroid dienone is 2. The number of amides is 1. The Hall–Kier alpha value is -3.53. The minimum absolute atomic E-state index is 0.00297. The lowest BCUT2D eigenvalue weighted by Gasteiger charge is -2.30. The summed E-state index contributed by atoms with van der Waals surface area (Å²) in [7, 11) is 3.21. The number of ether oxygens (including phenoxy) is 2. The average Bonchev–Trinajstić information content (AvgIpc) is 3.40. The number of halogens is 1. The molecule has 184 valence electrons. The molecule has 0 saturated carbocycles. The maximum Gasteiger partial charge on any atom is 0.250 e. The van der Waals surface area contributed by atoms with Crippen molar-refractivity contribution in [2.45, 2.75) is 45.6 Å². The molecule has 2 aliphatic rings. The third kappa shape index (κ3) is 4.12. The second kappa shape index (κ2) is 9.26. The molecule has 0 aromatic carbocycles. The molecule has 1 unspecified atom stereocenters. The van der Waals surface area contributed by atoms with Gasteiger partial charge < -0.3 is 14.4 Å². The van der Waals surface area contributed by atoms with E-state index in [1.165, 1.54) is 18.7 Å². The van der Waals surface area contributed by atoms with Gasteiger partial charge in [-0.05, 0) is 32.3 Å². The van der Waals surface area contributed by atoms with Gasteiger partial charge in [-0.2, -0.15) is 10.2 Å². The molecule has 5 heterocycles. The summed E-state index contributed by atoms with van der Waals surface area (Å²) in [6, 6.07) is 1.39. The number of carbonyl (C=O) groups excluding carboxylic acids is 1. The molecule has 0 saturated heterocycles. The Morgan fingerprint density at radius 3 is 2.74 bits per heavy atom. The number of carbonyl (C=O) groups is 1. The number of fused-ring (bicyclic) bond motifs is 1. The van der Waals surface area contributed by atoms with Gasteiger partial charge in [0.2, 0.25) is 11.8 Å². The molecular formula is C25H29FN6O3. The number of aromatic nitrogens is 5. The van der Waals surface area contributed by atoms with Gasteiger partial charge in [-0.3, -0.25) is 9.48 Å². The summed E-state index contributed by atoms with van der Waals surface area (Å²) < 4.78 is 28.8. The molecule has 0 spiro atoms. The van der Waals surface area contributed by atoms with Gasteiger partial charge in [-0.15, -0.1) is 0 Å². The van der Waals surface area contributed by atoms with Crippen LogP contribution in [0.5, 0.6) is 5.88 Å². The molecule has 0 radical (unpaired) electrons. The molecule has 3 aromatic heterocycles. The standard InChI is InChI=1S/C25H29FN6O3/c1-15-19(5-6-23(33)30(15)3)16(2)31-14-17(12-28-31)24-20-7-9-35-10-8-22(20)32(29-24)18-11-21(26)25(34-4)27-13-18/h11-14,16H,5-10H2,1-4H3. The van der Waals surface area contributed by atoms with Gasteiger partial charge in [0.25, 0.3) is 0 Å². The van der Waals surface area contributed by atoms with Gasteiger partial charge in [0, 0.05) is 49.0 Å². The molecule has 0 fully saturated rings. The Morgan fingerprint density at radius 1 is 1.17 bits per heavy atom. The van der Waals surface area contributed by atoms with Crippen LogP contribution >= 0.6 is 0 Å². The summed E-state index contributed by atoms with van der Waals surface area (Å²) in [4.78, 5) is 17.9. The molecule has 5 rings (SSSR count). The van der Waals surface area contributed by atoms with E-state index in [4.69, 9.17) is 14.6 Å². The quantitative estimate of drug-likeness (QED) is 0.556. The molecule has 2 aliphatic heterocycles. The van der Waals surface area contributed by atoms with E-state index in [1.54, 1.807) is 15.8 Å². The van der Waals surface area contributed by atoms with Crippen LogP contribution in [0.25, 0.3) is 16.9 Å². The summed E-state index contributed by atoms with van der Waals surface area (Å²) in [5, 5.41) is 9.54. The Morgan fingerprint density at radius 2 is 1.97 bits per heavy atom. The first-order valence-corrected chi connectivity index (χ1v) is 11.8. The molecule has 3 aromatic rings. The highest BCUT2D eigenvalue weighted by molar-refractivity contribution is 5.79. The predicted octanol–water partition coefficient (Wildman–Crippen LogP) is 3.48. The van der Waals surface area contributed by atoms with Crippen molar-refractivity contribution >= 4 is 5.91 Å². The van der Waals surface area contributed by atoms with E-state index in [0.29, 0.717) is 38.2 Å². The molecule has 10 heteroatoms. The lowest BCUT2D eigenvalue weighted by atomic mass is 9.96. The van der Waals surface area contributed by atoms with E-state index in [1.807, 2.05) is 31.0 Å². The lowest BCUT2D eigenvalue weighted by molar-refractivity contribution is -0.128. The third-order valence-corrected chi connectivity index (χ3v) is 7.03. The van der Waals surface area contributed by atoms with E-state index in [0.717, 1.165) is 34.6 Å². The summed E-state index contributed by atoms with van der Waals surface area (Å²) in [5.41, 5.74) is 6.45. The Labute approximate surface area is 203 Å². The normalized spacial score (nSPS) is 17.4. The Kier molecular flexibility index (Phi) is 6.14. The zero-order chi connectivity index (χ0) is 24.7. The van der Waals surface area contributed by atoms with Gasteiger partial charge >= 0.3 is 0 Å². The van der Waals surface area contributed by atoms with Crippen LogP contribution in [0.1, 0.15) is 44.0 Å². The van der Waals surface area contributed by atoms with Crippen LogP contribution in [-0.4, -0.2) is 62.7 Å².